The van der Waals surface area contributed by atoms with Gasteiger partial charge in [0.15, 0.2) is 0 Å². The average Bonchev–Trinajstić information content (AvgIpc) is 2.20. The Kier molecular flexibility index (Phi) is 0.852. The lowest BCUT2D eigenvalue weighted by molar-refractivity contribution is 0.0480. The second-order valence-corrected chi connectivity index (χ2v) is 4.26. The van der Waals surface area contributed by atoms with Crippen LogP contribution in [0.1, 0.15) is 26.7 Å². The van der Waals surface area contributed by atoms with E-state index in [1.165, 1.54) is 12.8 Å². The summed E-state index contributed by atoms with van der Waals surface area (Å²) in [7, 11) is 0. The zero-order valence-corrected chi connectivity index (χ0v) is 6.22. The summed E-state index contributed by atoms with van der Waals surface area (Å²) in [6.45, 7) is 4.72. The molecule has 9 heavy (non-hydrogen) atoms. The summed E-state index contributed by atoms with van der Waals surface area (Å²) in [5, 5.41) is 0. The SMILES string of the molecule is CC1(C)[C@H]2C[C@@H]1[C@@H](N)C2. The zero-order chi connectivity index (χ0) is 6.65. The maximum atomic E-state index is 5.90. The second kappa shape index (κ2) is 1.34. The smallest absolute Gasteiger partial charge is 0.00753 e. The first-order valence-corrected chi connectivity index (χ1v) is 3.88. The molecule has 3 fully saturated rings. The molecule has 0 heterocycles. The Labute approximate surface area is 56.6 Å². The highest BCUT2D eigenvalue weighted by atomic mass is 14.8. The van der Waals surface area contributed by atoms with Crippen LogP contribution in [-0.4, -0.2) is 6.04 Å². The summed E-state index contributed by atoms with van der Waals surface area (Å²) < 4.78 is 0. The van der Waals surface area contributed by atoms with Crippen LogP contribution in [0, 0.1) is 17.3 Å². The van der Waals surface area contributed by atoms with Gasteiger partial charge in [0, 0.05) is 6.04 Å². The summed E-state index contributed by atoms with van der Waals surface area (Å²) in [4.78, 5) is 0. The van der Waals surface area contributed by atoms with Crippen molar-refractivity contribution < 1.29 is 0 Å². The third-order valence-electron chi connectivity index (χ3n) is 3.62. The van der Waals surface area contributed by atoms with Crippen molar-refractivity contribution in [3.05, 3.63) is 0 Å². The minimum Gasteiger partial charge on any atom is -0.327 e. The molecule has 3 atom stereocenters. The molecular formula is C8H15N. The van der Waals surface area contributed by atoms with Gasteiger partial charge < -0.3 is 5.73 Å². The number of hydrogen-bond acceptors (Lipinski definition) is 1. The molecule has 1 heteroatoms. The molecule has 0 saturated heterocycles. The van der Waals surface area contributed by atoms with Crippen LogP contribution in [-0.2, 0) is 0 Å². The summed E-state index contributed by atoms with van der Waals surface area (Å²) in [5.41, 5.74) is 6.49. The fourth-order valence-electron chi connectivity index (χ4n) is 2.68. The molecule has 0 radical (unpaired) electrons. The highest BCUT2D eigenvalue weighted by molar-refractivity contribution is 5.08. The van der Waals surface area contributed by atoms with E-state index in [1.54, 1.807) is 0 Å². The van der Waals surface area contributed by atoms with Gasteiger partial charge in [-0.05, 0) is 30.1 Å². The first-order chi connectivity index (χ1) is 4.12. The van der Waals surface area contributed by atoms with Crippen LogP contribution >= 0.6 is 0 Å². The molecule has 3 saturated carbocycles. The highest BCUT2D eigenvalue weighted by Crippen LogP contribution is 2.61. The maximum Gasteiger partial charge on any atom is 0.00753 e. The Hall–Kier alpha value is -0.0400. The second-order valence-electron chi connectivity index (χ2n) is 4.26. The van der Waals surface area contributed by atoms with Gasteiger partial charge in [0.25, 0.3) is 0 Å². The molecule has 3 aliphatic rings. The zero-order valence-electron chi connectivity index (χ0n) is 6.22. The fraction of sp³-hybridized carbons (Fsp3) is 1.00. The van der Waals surface area contributed by atoms with Gasteiger partial charge in [-0.2, -0.15) is 0 Å². The lowest BCUT2D eigenvalue weighted by Gasteiger charge is -2.44. The van der Waals surface area contributed by atoms with E-state index in [0.29, 0.717) is 11.5 Å². The van der Waals surface area contributed by atoms with Crippen LogP contribution in [0.2, 0.25) is 0 Å². The summed E-state index contributed by atoms with van der Waals surface area (Å²) in [6.07, 6.45) is 2.70. The molecule has 0 amide bonds. The number of fused-ring (bicyclic) bond motifs is 1. The third-order valence-corrected chi connectivity index (χ3v) is 3.62. The van der Waals surface area contributed by atoms with Gasteiger partial charge in [0.2, 0.25) is 0 Å². The molecule has 1 nitrogen and oxygen atoms in total. The number of rotatable bonds is 0. The monoisotopic (exact) mass is 125 g/mol. The molecule has 52 valence electrons. The Morgan fingerprint density at radius 3 is 2.11 bits per heavy atom. The Morgan fingerprint density at radius 1 is 1.33 bits per heavy atom. The van der Waals surface area contributed by atoms with Crippen LogP contribution in [0.4, 0.5) is 0 Å². The first kappa shape index (κ1) is 5.72. The van der Waals surface area contributed by atoms with E-state index in [1.807, 2.05) is 0 Å². The van der Waals surface area contributed by atoms with Crippen molar-refractivity contribution in [3.8, 4) is 0 Å². The van der Waals surface area contributed by atoms with Gasteiger partial charge in [0.05, 0.1) is 0 Å². The first-order valence-electron chi connectivity index (χ1n) is 3.88. The summed E-state index contributed by atoms with van der Waals surface area (Å²) in [5.74, 6) is 1.81. The Bertz CT molecular complexity index is 140. The van der Waals surface area contributed by atoms with Crippen molar-refractivity contribution in [2.75, 3.05) is 0 Å². The van der Waals surface area contributed by atoms with E-state index in [0.717, 1.165) is 11.8 Å². The van der Waals surface area contributed by atoms with E-state index < -0.39 is 0 Å². The fourth-order valence-corrected chi connectivity index (χ4v) is 2.68. The largest absolute Gasteiger partial charge is 0.327 e. The molecular weight excluding hydrogens is 110 g/mol. The minimum absolute atomic E-state index is 0.532. The molecule has 0 aromatic rings. The standard InChI is InChI=1S/C8H15N/c1-8(2)5-3-6(8)7(9)4-5/h5-7H,3-4,9H2,1-2H3/t5-,6+,7-/m0/s1. The van der Waals surface area contributed by atoms with Gasteiger partial charge in [-0.1, -0.05) is 13.8 Å². The quantitative estimate of drug-likeness (QED) is 0.520. The van der Waals surface area contributed by atoms with Gasteiger partial charge in [-0.3, -0.25) is 0 Å². The van der Waals surface area contributed by atoms with Crippen molar-refractivity contribution in [1.29, 1.82) is 0 Å². The molecule has 2 N–H and O–H groups in total. The maximum absolute atomic E-state index is 5.90. The Morgan fingerprint density at radius 2 is 2.00 bits per heavy atom. The average molecular weight is 125 g/mol. The van der Waals surface area contributed by atoms with Gasteiger partial charge in [-0.25, -0.2) is 0 Å². The molecule has 2 bridgehead atoms. The van der Waals surface area contributed by atoms with Crippen molar-refractivity contribution in [2.24, 2.45) is 23.0 Å². The predicted molar refractivity (Wildman–Crippen MR) is 38.0 cm³/mol. The van der Waals surface area contributed by atoms with Crippen molar-refractivity contribution in [1.82, 2.24) is 0 Å². The molecule has 0 unspecified atom stereocenters. The van der Waals surface area contributed by atoms with Crippen LogP contribution in [0.15, 0.2) is 0 Å². The van der Waals surface area contributed by atoms with Gasteiger partial charge >= 0.3 is 0 Å². The molecule has 0 spiro atoms. The van der Waals surface area contributed by atoms with Crippen LogP contribution in [0.25, 0.3) is 0 Å². The van der Waals surface area contributed by atoms with Crippen LogP contribution in [0.5, 0.6) is 0 Å². The molecule has 0 aromatic heterocycles. The van der Waals surface area contributed by atoms with Crippen LogP contribution in [0.3, 0.4) is 0 Å². The predicted octanol–water partition coefficient (Wildman–Crippen LogP) is 1.38. The van der Waals surface area contributed by atoms with E-state index in [-0.39, 0.29) is 0 Å². The molecule has 0 aromatic carbocycles. The summed E-state index contributed by atoms with van der Waals surface area (Å²) in [6, 6.07) is 0.532. The third kappa shape index (κ3) is 0.493. The topological polar surface area (TPSA) is 26.0 Å². The Balaban J connectivity index is 2.22. The van der Waals surface area contributed by atoms with Crippen LogP contribution < -0.4 is 5.73 Å². The lowest BCUT2D eigenvalue weighted by Crippen LogP contribution is -2.41. The molecule has 0 aliphatic heterocycles. The van der Waals surface area contributed by atoms with Crippen molar-refractivity contribution in [2.45, 2.75) is 32.7 Å². The van der Waals surface area contributed by atoms with E-state index in [2.05, 4.69) is 13.8 Å². The van der Waals surface area contributed by atoms with E-state index >= 15 is 0 Å². The molecule has 3 aliphatic carbocycles. The normalized spacial score (nSPS) is 53.0. The van der Waals surface area contributed by atoms with Gasteiger partial charge in [-0.15, -0.1) is 0 Å². The minimum atomic E-state index is 0.532. The number of hydrogen-bond donors (Lipinski definition) is 1. The lowest BCUT2D eigenvalue weighted by atomic mass is 9.61. The van der Waals surface area contributed by atoms with E-state index in [9.17, 15) is 0 Å². The highest BCUT2D eigenvalue weighted by Gasteiger charge is 2.56. The van der Waals surface area contributed by atoms with Gasteiger partial charge in [0.1, 0.15) is 0 Å². The van der Waals surface area contributed by atoms with Crippen molar-refractivity contribution in [3.63, 3.8) is 0 Å². The molecule has 3 rings (SSSR count). The van der Waals surface area contributed by atoms with Crippen molar-refractivity contribution >= 4 is 0 Å². The van der Waals surface area contributed by atoms with E-state index in [4.69, 9.17) is 5.73 Å². The summed E-state index contributed by atoms with van der Waals surface area (Å²) >= 11 is 0. The number of nitrogens with two attached hydrogens (primary N) is 1.